The number of carboxylic acid groups (broad SMARTS) is 1. The Balaban J connectivity index is 2.91. The Hall–Kier alpha value is -3.74. The van der Waals surface area contributed by atoms with E-state index in [9.17, 15) is 39.5 Å². The molecule has 0 fully saturated rings. The molecule has 34 heavy (non-hydrogen) atoms. The highest BCUT2D eigenvalue weighted by molar-refractivity contribution is 5.97. The molecular weight excluding hydrogens is 450 g/mol. The van der Waals surface area contributed by atoms with Crippen molar-refractivity contribution in [1.82, 2.24) is 16.0 Å². The van der Waals surface area contributed by atoms with Crippen LogP contribution in [0.1, 0.15) is 34.1 Å². The lowest BCUT2D eigenvalue weighted by Crippen LogP contribution is -2.57. The van der Waals surface area contributed by atoms with Crippen molar-refractivity contribution in [1.29, 1.82) is 0 Å². The Morgan fingerprint density at radius 1 is 0.971 bits per heavy atom. The first-order valence-corrected chi connectivity index (χ1v) is 10.6. The lowest BCUT2D eigenvalue weighted by molar-refractivity contribution is -0.383. The van der Waals surface area contributed by atoms with Gasteiger partial charge < -0.3 is 31.5 Å². The van der Waals surface area contributed by atoms with E-state index in [0.29, 0.717) is 0 Å². The van der Waals surface area contributed by atoms with E-state index >= 15 is 0 Å². The molecule has 0 radical (unpaired) electrons. The standard InChI is InChI=1S/C21H31N5O8/c1-11(2)9-14(18(28)25-17(12(3)4)20(30)31)22-19(29)15(10-27)24-21(32)23-13-7-5-6-8-16(13)26(33)34/h5-8,11-12,14-15,17,27H,9-10H2,1-4H3,(H,22,29)(H,25,28)(H,30,31)(H2,23,24,32)/t14-,15-,17-/m0/s1. The van der Waals surface area contributed by atoms with Crippen molar-refractivity contribution in [2.24, 2.45) is 11.8 Å². The van der Waals surface area contributed by atoms with E-state index < -0.39 is 59.4 Å². The van der Waals surface area contributed by atoms with Crippen LogP contribution in [0.4, 0.5) is 16.2 Å². The zero-order valence-corrected chi connectivity index (χ0v) is 19.4. The molecule has 0 aliphatic rings. The maximum absolute atomic E-state index is 12.7. The number of anilines is 1. The normalized spacial score (nSPS) is 13.5. The van der Waals surface area contributed by atoms with Crippen molar-refractivity contribution in [3.05, 3.63) is 34.4 Å². The lowest BCUT2D eigenvalue weighted by Gasteiger charge is -2.26. The maximum atomic E-state index is 12.7. The number of aliphatic hydroxyl groups excluding tert-OH is 1. The van der Waals surface area contributed by atoms with Crippen LogP contribution in [0.15, 0.2) is 24.3 Å². The average molecular weight is 482 g/mol. The van der Waals surface area contributed by atoms with Crippen molar-refractivity contribution in [3.8, 4) is 0 Å². The van der Waals surface area contributed by atoms with Crippen LogP contribution in [0.2, 0.25) is 0 Å². The molecule has 188 valence electrons. The maximum Gasteiger partial charge on any atom is 0.326 e. The largest absolute Gasteiger partial charge is 0.480 e. The number of nitrogens with one attached hydrogen (secondary N) is 4. The van der Waals surface area contributed by atoms with Gasteiger partial charge in [-0.1, -0.05) is 39.8 Å². The van der Waals surface area contributed by atoms with E-state index in [2.05, 4.69) is 21.3 Å². The highest BCUT2D eigenvalue weighted by Crippen LogP contribution is 2.22. The molecular formula is C21H31N5O8. The summed E-state index contributed by atoms with van der Waals surface area (Å²) in [5.41, 5.74) is -0.484. The summed E-state index contributed by atoms with van der Waals surface area (Å²) in [6.45, 7) is 6.01. The number of carbonyl (C=O) groups excluding carboxylic acids is 3. The van der Waals surface area contributed by atoms with Gasteiger partial charge in [-0.25, -0.2) is 9.59 Å². The Bertz CT molecular complexity index is 905. The molecule has 0 saturated carbocycles. The molecule has 3 atom stereocenters. The Labute approximate surface area is 196 Å². The van der Waals surface area contributed by atoms with E-state index in [1.807, 2.05) is 0 Å². The molecule has 0 bridgehead atoms. The zero-order chi connectivity index (χ0) is 26.0. The van der Waals surface area contributed by atoms with Crippen LogP contribution in [0.25, 0.3) is 0 Å². The molecule has 13 nitrogen and oxygen atoms in total. The molecule has 0 aliphatic heterocycles. The van der Waals surface area contributed by atoms with Gasteiger partial charge in [-0.05, 0) is 24.3 Å². The van der Waals surface area contributed by atoms with Crippen LogP contribution < -0.4 is 21.3 Å². The van der Waals surface area contributed by atoms with Gasteiger partial charge in [0.25, 0.3) is 5.69 Å². The van der Waals surface area contributed by atoms with Gasteiger partial charge in [0.05, 0.1) is 11.5 Å². The molecule has 4 amide bonds. The number of nitro benzene ring substituents is 1. The Kier molecular flexibility index (Phi) is 10.9. The van der Waals surface area contributed by atoms with E-state index in [4.69, 9.17) is 0 Å². The highest BCUT2D eigenvalue weighted by Gasteiger charge is 2.31. The lowest BCUT2D eigenvalue weighted by atomic mass is 10.00. The fraction of sp³-hybridized carbons (Fsp3) is 0.524. The predicted molar refractivity (Wildman–Crippen MR) is 122 cm³/mol. The number of nitrogens with zero attached hydrogens (tertiary/aromatic N) is 1. The van der Waals surface area contributed by atoms with Crippen molar-refractivity contribution in [2.45, 2.75) is 52.2 Å². The number of benzene rings is 1. The van der Waals surface area contributed by atoms with Gasteiger partial charge in [0.2, 0.25) is 11.8 Å². The summed E-state index contributed by atoms with van der Waals surface area (Å²) in [5, 5.41) is 39.2. The first kappa shape index (κ1) is 28.3. The summed E-state index contributed by atoms with van der Waals surface area (Å²) in [4.78, 5) is 59.4. The van der Waals surface area contributed by atoms with Crippen LogP contribution in [-0.4, -0.2) is 63.7 Å². The van der Waals surface area contributed by atoms with Gasteiger partial charge in [0.15, 0.2) is 0 Å². The molecule has 13 heteroatoms. The fourth-order valence-electron chi connectivity index (χ4n) is 2.99. The van der Waals surface area contributed by atoms with Crippen molar-refractivity contribution in [2.75, 3.05) is 11.9 Å². The summed E-state index contributed by atoms with van der Waals surface area (Å²) in [7, 11) is 0. The Morgan fingerprint density at radius 2 is 1.56 bits per heavy atom. The van der Waals surface area contributed by atoms with E-state index in [-0.39, 0.29) is 23.7 Å². The number of carbonyl (C=O) groups is 4. The van der Waals surface area contributed by atoms with Gasteiger partial charge in [0.1, 0.15) is 23.8 Å². The zero-order valence-electron chi connectivity index (χ0n) is 19.4. The number of aliphatic hydroxyl groups is 1. The molecule has 0 aliphatic carbocycles. The molecule has 0 heterocycles. The summed E-state index contributed by atoms with van der Waals surface area (Å²) >= 11 is 0. The number of nitro groups is 1. The van der Waals surface area contributed by atoms with Crippen LogP contribution >= 0.6 is 0 Å². The molecule has 0 saturated heterocycles. The summed E-state index contributed by atoms with van der Waals surface area (Å²) < 4.78 is 0. The minimum atomic E-state index is -1.48. The third-order valence-electron chi connectivity index (χ3n) is 4.72. The van der Waals surface area contributed by atoms with Gasteiger partial charge in [-0.15, -0.1) is 0 Å². The second-order valence-corrected chi connectivity index (χ2v) is 8.37. The molecule has 0 aromatic heterocycles. The van der Waals surface area contributed by atoms with Crippen molar-refractivity contribution < 1.29 is 34.3 Å². The van der Waals surface area contributed by atoms with Gasteiger partial charge in [-0.3, -0.25) is 19.7 Å². The molecule has 1 rings (SSSR count). The quantitative estimate of drug-likeness (QED) is 0.186. The Morgan fingerprint density at radius 3 is 2.06 bits per heavy atom. The number of carboxylic acids is 1. The average Bonchev–Trinajstić information content (AvgIpc) is 2.74. The monoisotopic (exact) mass is 481 g/mol. The van der Waals surface area contributed by atoms with Crippen molar-refractivity contribution >= 4 is 35.2 Å². The van der Waals surface area contributed by atoms with Gasteiger partial charge in [0, 0.05) is 6.07 Å². The first-order chi connectivity index (χ1) is 15.9. The minimum absolute atomic E-state index is 0.0548. The smallest absolute Gasteiger partial charge is 0.326 e. The number of hydrogen-bond acceptors (Lipinski definition) is 7. The molecule has 0 spiro atoms. The number of para-hydroxylation sites is 2. The predicted octanol–water partition coefficient (Wildman–Crippen LogP) is 0.834. The first-order valence-electron chi connectivity index (χ1n) is 10.6. The van der Waals surface area contributed by atoms with Gasteiger partial charge >= 0.3 is 12.0 Å². The van der Waals surface area contributed by atoms with Gasteiger partial charge in [-0.2, -0.15) is 0 Å². The third kappa shape index (κ3) is 8.65. The fourth-order valence-corrected chi connectivity index (χ4v) is 2.99. The van der Waals surface area contributed by atoms with E-state index in [0.717, 1.165) is 0 Å². The molecule has 0 unspecified atom stereocenters. The summed E-state index contributed by atoms with van der Waals surface area (Å²) in [6.07, 6.45) is 0.169. The second kappa shape index (κ2) is 13.1. The van der Waals surface area contributed by atoms with E-state index in [1.54, 1.807) is 27.7 Å². The van der Waals surface area contributed by atoms with Crippen LogP contribution in [-0.2, 0) is 14.4 Å². The molecule has 1 aromatic rings. The summed E-state index contributed by atoms with van der Waals surface area (Å²) in [5.74, 6) is -3.29. The van der Waals surface area contributed by atoms with Crippen LogP contribution in [0.3, 0.4) is 0 Å². The molecule has 1 aromatic carbocycles. The number of amides is 4. The highest BCUT2D eigenvalue weighted by atomic mass is 16.6. The van der Waals surface area contributed by atoms with Crippen molar-refractivity contribution in [3.63, 3.8) is 0 Å². The summed E-state index contributed by atoms with van der Waals surface area (Å²) in [6, 6.07) is 0.602. The van der Waals surface area contributed by atoms with Crippen LogP contribution in [0, 0.1) is 22.0 Å². The molecule has 6 N–H and O–H groups in total. The number of hydrogen-bond donors (Lipinski definition) is 6. The van der Waals surface area contributed by atoms with E-state index in [1.165, 1.54) is 24.3 Å². The topological polar surface area (TPSA) is 200 Å². The SMILES string of the molecule is CC(C)C[C@H](NC(=O)[C@H](CO)NC(=O)Nc1ccccc1[N+](=O)[O-])C(=O)N[C@H](C(=O)O)C(C)C. The van der Waals surface area contributed by atoms with Crippen LogP contribution in [0.5, 0.6) is 0 Å². The number of urea groups is 1. The second-order valence-electron chi connectivity index (χ2n) is 8.37. The minimum Gasteiger partial charge on any atom is -0.480 e. The number of aliphatic carboxylic acids is 1. The number of rotatable bonds is 12. The third-order valence-corrected chi connectivity index (χ3v) is 4.72.